The summed E-state index contributed by atoms with van der Waals surface area (Å²) in [5.74, 6) is 0.780. The molecule has 4 heteroatoms. The first-order valence-corrected chi connectivity index (χ1v) is 7.11. The van der Waals surface area contributed by atoms with Gasteiger partial charge in [0.15, 0.2) is 0 Å². The zero-order valence-electron chi connectivity index (χ0n) is 12.6. The van der Waals surface area contributed by atoms with Crippen molar-refractivity contribution in [2.75, 3.05) is 11.9 Å². The fourth-order valence-corrected chi connectivity index (χ4v) is 2.06. The minimum Gasteiger partial charge on any atom is -0.462 e. The third-order valence-corrected chi connectivity index (χ3v) is 3.12. The van der Waals surface area contributed by atoms with Gasteiger partial charge in [0.25, 0.3) is 0 Å². The molecule has 0 saturated carbocycles. The van der Waals surface area contributed by atoms with E-state index in [1.165, 1.54) is 11.8 Å². The molecule has 0 unspecified atom stereocenters. The monoisotopic (exact) mass is 284 g/mol. The molecule has 2 aromatic rings. The molecule has 0 aliphatic rings. The summed E-state index contributed by atoms with van der Waals surface area (Å²) in [7, 11) is 0. The van der Waals surface area contributed by atoms with Crippen molar-refractivity contribution in [1.29, 1.82) is 0 Å². The Labute approximate surface area is 125 Å². The Balaban J connectivity index is 2.16. The van der Waals surface area contributed by atoms with Crippen molar-refractivity contribution in [1.82, 2.24) is 4.98 Å². The molecule has 0 amide bonds. The van der Waals surface area contributed by atoms with E-state index in [9.17, 15) is 4.79 Å². The number of ether oxygens (including phenoxy) is 1. The van der Waals surface area contributed by atoms with Crippen molar-refractivity contribution in [3.05, 3.63) is 53.7 Å². The van der Waals surface area contributed by atoms with Crippen LogP contribution in [0.15, 0.2) is 42.6 Å². The van der Waals surface area contributed by atoms with E-state index in [1.807, 2.05) is 18.2 Å². The Morgan fingerprint density at radius 3 is 2.62 bits per heavy atom. The average molecular weight is 284 g/mol. The van der Waals surface area contributed by atoms with Crippen molar-refractivity contribution >= 4 is 17.5 Å². The lowest BCUT2D eigenvalue weighted by atomic mass is 10.0. The first-order chi connectivity index (χ1) is 10.1. The van der Waals surface area contributed by atoms with Crippen LogP contribution in [0.25, 0.3) is 0 Å². The largest absolute Gasteiger partial charge is 0.462 e. The highest BCUT2D eigenvalue weighted by molar-refractivity contribution is 5.89. The van der Waals surface area contributed by atoms with Gasteiger partial charge in [0.1, 0.15) is 5.82 Å². The predicted molar refractivity (Wildman–Crippen MR) is 84.0 cm³/mol. The Morgan fingerprint density at radius 1 is 1.24 bits per heavy atom. The van der Waals surface area contributed by atoms with E-state index in [1.54, 1.807) is 19.1 Å². The molecule has 110 valence electrons. The highest BCUT2D eigenvalue weighted by atomic mass is 16.5. The van der Waals surface area contributed by atoms with E-state index in [0.29, 0.717) is 23.9 Å². The zero-order valence-corrected chi connectivity index (χ0v) is 12.6. The molecule has 1 heterocycles. The van der Waals surface area contributed by atoms with Gasteiger partial charge in [-0.2, -0.15) is 0 Å². The van der Waals surface area contributed by atoms with Gasteiger partial charge in [-0.05, 0) is 36.6 Å². The minimum absolute atomic E-state index is 0.348. The summed E-state index contributed by atoms with van der Waals surface area (Å²) in [6.45, 7) is 6.44. The summed E-state index contributed by atoms with van der Waals surface area (Å²) in [6.07, 6.45) is 1.53. The number of hydrogen-bond donors (Lipinski definition) is 1. The van der Waals surface area contributed by atoms with Crippen LogP contribution in [0.3, 0.4) is 0 Å². The molecule has 0 bridgehead atoms. The maximum atomic E-state index is 11.6. The van der Waals surface area contributed by atoms with Gasteiger partial charge in [0, 0.05) is 11.9 Å². The van der Waals surface area contributed by atoms with Crippen LogP contribution in [0.5, 0.6) is 0 Å². The lowest BCUT2D eigenvalue weighted by Crippen LogP contribution is -2.05. The van der Waals surface area contributed by atoms with Crippen LogP contribution in [0.4, 0.5) is 11.5 Å². The highest BCUT2D eigenvalue weighted by Gasteiger charge is 2.09. The lowest BCUT2D eigenvalue weighted by Gasteiger charge is -2.14. The number of anilines is 2. The number of aromatic nitrogens is 1. The first kappa shape index (κ1) is 15.0. The van der Waals surface area contributed by atoms with Crippen molar-refractivity contribution in [3.63, 3.8) is 0 Å². The number of nitrogens with zero attached hydrogens (tertiary/aromatic N) is 1. The molecule has 0 aliphatic heterocycles. The number of pyridine rings is 1. The minimum atomic E-state index is -0.348. The van der Waals surface area contributed by atoms with E-state index in [-0.39, 0.29) is 5.97 Å². The average Bonchev–Trinajstić information content (AvgIpc) is 2.48. The van der Waals surface area contributed by atoms with Crippen molar-refractivity contribution < 1.29 is 9.53 Å². The van der Waals surface area contributed by atoms with Gasteiger partial charge in [-0.1, -0.05) is 32.0 Å². The summed E-state index contributed by atoms with van der Waals surface area (Å²) < 4.78 is 4.94. The molecule has 1 aromatic heterocycles. The number of carbonyl (C=O) groups is 1. The molecule has 0 atom stereocenters. The standard InChI is InChI=1S/C17H20N2O2/c1-4-21-17(20)13-9-10-16(18-11-13)19-15-8-6-5-7-14(15)12(2)3/h5-12H,4H2,1-3H3,(H,18,19). The topological polar surface area (TPSA) is 51.2 Å². The second kappa shape index (κ2) is 6.88. The van der Waals surface area contributed by atoms with Crippen LogP contribution < -0.4 is 5.32 Å². The van der Waals surface area contributed by atoms with E-state index in [2.05, 4.69) is 30.2 Å². The Kier molecular flexibility index (Phi) is 4.93. The van der Waals surface area contributed by atoms with E-state index in [4.69, 9.17) is 4.74 Å². The molecule has 4 nitrogen and oxygen atoms in total. The lowest BCUT2D eigenvalue weighted by molar-refractivity contribution is 0.0526. The summed E-state index contributed by atoms with van der Waals surface area (Å²) >= 11 is 0. The quantitative estimate of drug-likeness (QED) is 0.839. The highest BCUT2D eigenvalue weighted by Crippen LogP contribution is 2.26. The number of nitrogens with one attached hydrogen (secondary N) is 1. The summed E-state index contributed by atoms with van der Waals surface area (Å²) in [5.41, 5.74) is 2.72. The molecular weight excluding hydrogens is 264 g/mol. The second-order valence-corrected chi connectivity index (χ2v) is 5.02. The molecule has 0 aliphatic carbocycles. The van der Waals surface area contributed by atoms with Gasteiger partial charge in [0.05, 0.1) is 12.2 Å². The molecule has 2 rings (SSSR count). The smallest absolute Gasteiger partial charge is 0.339 e. The van der Waals surface area contributed by atoms with Crippen LogP contribution in [0.1, 0.15) is 42.6 Å². The molecule has 0 spiro atoms. The number of hydrogen-bond acceptors (Lipinski definition) is 4. The van der Waals surface area contributed by atoms with Crippen molar-refractivity contribution in [2.24, 2.45) is 0 Å². The fourth-order valence-electron chi connectivity index (χ4n) is 2.06. The number of para-hydroxylation sites is 1. The molecule has 0 fully saturated rings. The van der Waals surface area contributed by atoms with Crippen LogP contribution in [0, 0.1) is 0 Å². The van der Waals surface area contributed by atoms with Gasteiger partial charge in [0.2, 0.25) is 0 Å². The fraction of sp³-hybridized carbons (Fsp3) is 0.294. The SMILES string of the molecule is CCOC(=O)c1ccc(Nc2ccccc2C(C)C)nc1. The first-order valence-electron chi connectivity index (χ1n) is 7.11. The normalized spacial score (nSPS) is 10.5. The molecule has 21 heavy (non-hydrogen) atoms. The van der Waals surface area contributed by atoms with Crippen LogP contribution in [-0.4, -0.2) is 17.6 Å². The zero-order chi connectivity index (χ0) is 15.2. The maximum Gasteiger partial charge on any atom is 0.339 e. The Morgan fingerprint density at radius 2 is 2.00 bits per heavy atom. The number of esters is 1. The van der Waals surface area contributed by atoms with Gasteiger partial charge < -0.3 is 10.1 Å². The van der Waals surface area contributed by atoms with Crippen LogP contribution >= 0.6 is 0 Å². The molecule has 0 radical (unpaired) electrons. The van der Waals surface area contributed by atoms with E-state index < -0.39 is 0 Å². The number of benzene rings is 1. The number of rotatable bonds is 5. The maximum absolute atomic E-state index is 11.6. The van der Waals surface area contributed by atoms with Crippen LogP contribution in [0.2, 0.25) is 0 Å². The second-order valence-electron chi connectivity index (χ2n) is 5.02. The van der Waals surface area contributed by atoms with Gasteiger partial charge in [-0.3, -0.25) is 0 Å². The molecular formula is C17H20N2O2. The van der Waals surface area contributed by atoms with E-state index >= 15 is 0 Å². The van der Waals surface area contributed by atoms with Gasteiger partial charge in [-0.15, -0.1) is 0 Å². The number of carbonyl (C=O) groups excluding carboxylic acids is 1. The summed E-state index contributed by atoms with van der Waals surface area (Å²) in [4.78, 5) is 15.8. The van der Waals surface area contributed by atoms with Crippen LogP contribution in [-0.2, 0) is 4.74 Å². The van der Waals surface area contributed by atoms with Gasteiger partial charge in [-0.25, -0.2) is 9.78 Å². The molecule has 1 N–H and O–H groups in total. The Bertz CT molecular complexity index is 606. The van der Waals surface area contributed by atoms with Crippen molar-refractivity contribution in [2.45, 2.75) is 26.7 Å². The summed E-state index contributed by atoms with van der Waals surface area (Å²) in [6, 6.07) is 11.6. The van der Waals surface area contributed by atoms with Gasteiger partial charge >= 0.3 is 5.97 Å². The van der Waals surface area contributed by atoms with E-state index in [0.717, 1.165) is 5.69 Å². The predicted octanol–water partition coefficient (Wildman–Crippen LogP) is 4.13. The Hall–Kier alpha value is -2.36. The third-order valence-electron chi connectivity index (χ3n) is 3.12. The summed E-state index contributed by atoms with van der Waals surface area (Å²) in [5, 5.41) is 3.29. The van der Waals surface area contributed by atoms with Crippen molar-refractivity contribution in [3.8, 4) is 0 Å². The molecule has 1 aromatic carbocycles. The third kappa shape index (κ3) is 3.81. The molecule has 0 saturated heterocycles.